The molecule has 0 aliphatic rings. The van der Waals surface area contributed by atoms with Crippen LogP contribution in [-0.4, -0.2) is 18.4 Å². The zero-order valence-electron chi connectivity index (χ0n) is 11.6. The molecule has 0 aliphatic heterocycles. The molecule has 0 aromatic heterocycles. The van der Waals surface area contributed by atoms with Gasteiger partial charge in [-0.15, -0.1) is 0 Å². The quantitative estimate of drug-likeness (QED) is 0.895. The van der Waals surface area contributed by atoms with E-state index in [0.29, 0.717) is 23.6 Å². The van der Waals surface area contributed by atoms with E-state index in [0.717, 1.165) is 10.8 Å². The Morgan fingerprint density at radius 1 is 1.05 bits per heavy atom. The van der Waals surface area contributed by atoms with Crippen LogP contribution in [0.5, 0.6) is 0 Å². The molecule has 4 nitrogen and oxygen atoms in total. The van der Waals surface area contributed by atoms with E-state index in [2.05, 4.69) is 5.32 Å². The molecule has 104 valence electrons. The van der Waals surface area contributed by atoms with E-state index in [4.69, 9.17) is 5.73 Å². The van der Waals surface area contributed by atoms with Gasteiger partial charge in [0.15, 0.2) is 0 Å². The monoisotopic (exact) mass is 270 g/mol. The molecule has 0 bridgehead atoms. The highest BCUT2D eigenvalue weighted by molar-refractivity contribution is 6.01. The number of hydrogen-bond donors (Lipinski definition) is 2. The fraction of sp³-hybridized carbons (Fsp3) is 0.250. The first-order chi connectivity index (χ1) is 9.47. The molecule has 0 heterocycles. The minimum absolute atomic E-state index is 0.0837. The molecule has 0 radical (unpaired) electrons. The Labute approximate surface area is 118 Å². The van der Waals surface area contributed by atoms with Crippen LogP contribution < -0.4 is 11.1 Å². The highest BCUT2D eigenvalue weighted by Crippen LogP contribution is 2.18. The van der Waals surface area contributed by atoms with Crippen LogP contribution in [0.1, 0.15) is 34.6 Å². The predicted octanol–water partition coefficient (Wildman–Crippen LogP) is 2.32. The number of rotatable bonds is 4. The Morgan fingerprint density at radius 3 is 2.15 bits per heavy atom. The van der Waals surface area contributed by atoms with Gasteiger partial charge in [0.1, 0.15) is 0 Å². The molecule has 2 rings (SSSR count). The van der Waals surface area contributed by atoms with Gasteiger partial charge in [-0.1, -0.05) is 26.0 Å². The fourth-order valence-electron chi connectivity index (χ4n) is 1.94. The predicted molar refractivity (Wildman–Crippen MR) is 79.6 cm³/mol. The van der Waals surface area contributed by atoms with E-state index in [1.54, 1.807) is 24.3 Å². The number of amides is 2. The van der Waals surface area contributed by atoms with Gasteiger partial charge >= 0.3 is 0 Å². The van der Waals surface area contributed by atoms with Crippen LogP contribution >= 0.6 is 0 Å². The lowest BCUT2D eigenvalue weighted by Crippen LogP contribution is -2.27. The van der Waals surface area contributed by atoms with Gasteiger partial charge in [0.05, 0.1) is 0 Å². The van der Waals surface area contributed by atoms with Gasteiger partial charge in [0, 0.05) is 17.7 Å². The lowest BCUT2D eigenvalue weighted by atomic mass is 10.0. The summed E-state index contributed by atoms with van der Waals surface area (Å²) in [7, 11) is 0. The zero-order valence-corrected chi connectivity index (χ0v) is 11.6. The number of nitrogens with two attached hydrogens (primary N) is 1. The molecular weight excluding hydrogens is 252 g/mol. The Kier molecular flexibility index (Phi) is 4.03. The van der Waals surface area contributed by atoms with Crippen LogP contribution in [0, 0.1) is 5.92 Å². The third kappa shape index (κ3) is 3.15. The maximum Gasteiger partial charge on any atom is 0.251 e. The van der Waals surface area contributed by atoms with Gasteiger partial charge in [0.2, 0.25) is 5.91 Å². The van der Waals surface area contributed by atoms with E-state index < -0.39 is 5.91 Å². The van der Waals surface area contributed by atoms with E-state index in [1.807, 2.05) is 26.0 Å². The van der Waals surface area contributed by atoms with Crippen LogP contribution in [-0.2, 0) is 0 Å². The van der Waals surface area contributed by atoms with Crippen molar-refractivity contribution in [2.75, 3.05) is 6.54 Å². The summed E-state index contributed by atoms with van der Waals surface area (Å²) >= 11 is 0. The summed E-state index contributed by atoms with van der Waals surface area (Å²) in [6.45, 7) is 4.75. The number of nitrogens with one attached hydrogen (secondary N) is 1. The van der Waals surface area contributed by atoms with Crippen molar-refractivity contribution < 1.29 is 9.59 Å². The second-order valence-electron chi connectivity index (χ2n) is 5.24. The highest BCUT2D eigenvalue weighted by Gasteiger charge is 2.08. The van der Waals surface area contributed by atoms with Crippen LogP contribution in [0.4, 0.5) is 0 Å². The molecule has 3 N–H and O–H groups in total. The molecule has 0 fully saturated rings. The largest absolute Gasteiger partial charge is 0.366 e. The van der Waals surface area contributed by atoms with Crippen molar-refractivity contribution >= 4 is 22.6 Å². The van der Waals surface area contributed by atoms with Gasteiger partial charge in [-0.2, -0.15) is 0 Å². The third-order valence-electron chi connectivity index (χ3n) is 3.06. The summed E-state index contributed by atoms with van der Waals surface area (Å²) < 4.78 is 0. The number of fused-ring (bicyclic) bond motifs is 1. The van der Waals surface area contributed by atoms with Crippen molar-refractivity contribution in [3.05, 3.63) is 47.5 Å². The Balaban J connectivity index is 2.28. The van der Waals surface area contributed by atoms with Crippen LogP contribution in [0.3, 0.4) is 0 Å². The minimum atomic E-state index is -0.453. The zero-order chi connectivity index (χ0) is 14.7. The summed E-state index contributed by atoms with van der Waals surface area (Å²) in [5, 5.41) is 4.68. The first kappa shape index (κ1) is 14.1. The molecule has 2 aromatic rings. The fourth-order valence-corrected chi connectivity index (χ4v) is 1.94. The van der Waals surface area contributed by atoms with Crippen molar-refractivity contribution in [2.24, 2.45) is 11.7 Å². The van der Waals surface area contributed by atoms with Gasteiger partial charge in [-0.3, -0.25) is 9.59 Å². The van der Waals surface area contributed by atoms with E-state index in [-0.39, 0.29) is 5.91 Å². The molecule has 0 unspecified atom stereocenters. The van der Waals surface area contributed by atoms with E-state index >= 15 is 0 Å². The van der Waals surface area contributed by atoms with Gasteiger partial charge < -0.3 is 11.1 Å². The molecule has 20 heavy (non-hydrogen) atoms. The van der Waals surface area contributed by atoms with Crippen molar-refractivity contribution in [3.63, 3.8) is 0 Å². The van der Waals surface area contributed by atoms with Crippen molar-refractivity contribution in [1.29, 1.82) is 0 Å². The Morgan fingerprint density at radius 2 is 1.60 bits per heavy atom. The molecule has 2 amide bonds. The number of carbonyl (C=O) groups is 2. The Bertz CT molecular complexity index is 663. The number of benzene rings is 2. The van der Waals surface area contributed by atoms with Crippen LogP contribution in [0.2, 0.25) is 0 Å². The molecule has 0 saturated heterocycles. The second-order valence-corrected chi connectivity index (χ2v) is 5.24. The lowest BCUT2D eigenvalue weighted by Gasteiger charge is -2.08. The molecule has 0 saturated carbocycles. The average Bonchev–Trinajstić information content (AvgIpc) is 2.43. The number of hydrogen-bond acceptors (Lipinski definition) is 2. The molecule has 0 spiro atoms. The summed E-state index contributed by atoms with van der Waals surface area (Å²) in [5.41, 5.74) is 6.33. The van der Waals surface area contributed by atoms with Crippen molar-refractivity contribution in [2.45, 2.75) is 13.8 Å². The second kappa shape index (κ2) is 5.74. The standard InChI is InChI=1S/C16H18N2O2/c1-10(2)9-18-16(20)14-6-4-11-7-13(15(17)19)5-3-12(11)8-14/h3-8,10H,9H2,1-2H3,(H2,17,19)(H,18,20). The van der Waals surface area contributed by atoms with Gasteiger partial charge in [0.25, 0.3) is 5.91 Å². The molecule has 4 heteroatoms. The van der Waals surface area contributed by atoms with Crippen molar-refractivity contribution in [3.8, 4) is 0 Å². The van der Waals surface area contributed by atoms with E-state index in [9.17, 15) is 9.59 Å². The molecule has 2 aromatic carbocycles. The SMILES string of the molecule is CC(C)CNC(=O)c1ccc2cc(C(N)=O)ccc2c1. The highest BCUT2D eigenvalue weighted by atomic mass is 16.2. The lowest BCUT2D eigenvalue weighted by molar-refractivity contribution is 0.0948. The number of carbonyl (C=O) groups excluding carboxylic acids is 2. The van der Waals surface area contributed by atoms with Gasteiger partial charge in [-0.25, -0.2) is 0 Å². The minimum Gasteiger partial charge on any atom is -0.366 e. The first-order valence-corrected chi connectivity index (χ1v) is 6.59. The summed E-state index contributed by atoms with van der Waals surface area (Å²) in [6, 6.07) is 10.6. The molecule has 0 aliphatic carbocycles. The van der Waals surface area contributed by atoms with Gasteiger partial charge in [-0.05, 0) is 41.0 Å². The Hall–Kier alpha value is -2.36. The first-order valence-electron chi connectivity index (χ1n) is 6.59. The summed E-state index contributed by atoms with van der Waals surface area (Å²) in [6.07, 6.45) is 0. The average molecular weight is 270 g/mol. The molecular formula is C16H18N2O2. The maximum atomic E-state index is 12.0. The summed E-state index contributed by atoms with van der Waals surface area (Å²) in [4.78, 5) is 23.1. The topological polar surface area (TPSA) is 72.2 Å². The normalized spacial score (nSPS) is 10.8. The maximum absolute atomic E-state index is 12.0. The number of primary amides is 1. The third-order valence-corrected chi connectivity index (χ3v) is 3.06. The smallest absolute Gasteiger partial charge is 0.251 e. The van der Waals surface area contributed by atoms with Crippen LogP contribution in [0.15, 0.2) is 36.4 Å². The van der Waals surface area contributed by atoms with E-state index in [1.165, 1.54) is 0 Å². The summed E-state index contributed by atoms with van der Waals surface area (Å²) in [5.74, 6) is -0.122. The molecule has 0 atom stereocenters. The van der Waals surface area contributed by atoms with Crippen molar-refractivity contribution in [1.82, 2.24) is 5.32 Å². The van der Waals surface area contributed by atoms with Crippen LogP contribution in [0.25, 0.3) is 10.8 Å².